The maximum Gasteiger partial charge on any atom is 0.123 e. The Labute approximate surface area is 180 Å². The summed E-state index contributed by atoms with van der Waals surface area (Å²) in [6, 6.07) is 15.6. The first kappa shape index (κ1) is 20.9. The van der Waals surface area contributed by atoms with E-state index in [9.17, 15) is 5.11 Å². The number of nitrogens with zero attached hydrogens (tertiary/aromatic N) is 2. The highest BCUT2D eigenvalue weighted by atomic mass is 35.5. The van der Waals surface area contributed by atoms with Gasteiger partial charge in [0.15, 0.2) is 0 Å². The van der Waals surface area contributed by atoms with Crippen molar-refractivity contribution in [1.29, 1.82) is 0 Å². The molecule has 1 atom stereocenters. The third-order valence-electron chi connectivity index (χ3n) is 4.49. The molecule has 1 N–H and O–H groups in total. The summed E-state index contributed by atoms with van der Waals surface area (Å²) in [6.45, 7) is 8.05. The largest absolute Gasteiger partial charge is 0.507 e. The molecule has 6 heteroatoms. The average Bonchev–Trinajstić information content (AvgIpc) is 3.07. The van der Waals surface area contributed by atoms with Gasteiger partial charge in [0, 0.05) is 36.4 Å². The highest BCUT2D eigenvalue weighted by Crippen LogP contribution is 2.51. The van der Waals surface area contributed by atoms with Gasteiger partial charge in [0.05, 0.1) is 21.3 Å². The van der Waals surface area contributed by atoms with Crippen molar-refractivity contribution in [1.82, 2.24) is 10.0 Å². The lowest BCUT2D eigenvalue weighted by Crippen LogP contribution is -2.35. The zero-order valence-corrected chi connectivity index (χ0v) is 18.2. The SMILES string of the molecule is C=C(O)C1=C(N(C(=C)c2ccc(Cl)cc2Cl)N(C)C)CC(c2ccccc2)S1. The van der Waals surface area contributed by atoms with Crippen LogP contribution in [0.4, 0.5) is 0 Å². The Morgan fingerprint density at radius 3 is 2.36 bits per heavy atom. The molecular formula is C22H22Cl2N2OS. The normalized spacial score (nSPS) is 16.5. The number of aliphatic hydroxyl groups is 1. The lowest BCUT2D eigenvalue weighted by Gasteiger charge is -2.35. The van der Waals surface area contributed by atoms with Crippen LogP contribution >= 0.6 is 35.0 Å². The maximum absolute atomic E-state index is 10.3. The van der Waals surface area contributed by atoms with Gasteiger partial charge < -0.3 is 5.11 Å². The van der Waals surface area contributed by atoms with Crippen LogP contribution in [0.2, 0.25) is 10.0 Å². The third kappa shape index (κ3) is 4.26. The topological polar surface area (TPSA) is 26.7 Å². The van der Waals surface area contributed by atoms with E-state index in [1.54, 1.807) is 23.9 Å². The number of halogens is 2. The first-order valence-corrected chi connectivity index (χ1v) is 10.4. The number of allylic oxidation sites excluding steroid dienone is 1. The molecule has 1 aliphatic rings. The fourth-order valence-corrected chi connectivity index (χ4v) is 5.05. The molecule has 0 aliphatic carbocycles. The van der Waals surface area contributed by atoms with Crippen LogP contribution in [0, 0.1) is 0 Å². The van der Waals surface area contributed by atoms with Gasteiger partial charge in [-0.25, -0.2) is 5.01 Å². The smallest absolute Gasteiger partial charge is 0.123 e. The average molecular weight is 433 g/mol. The van der Waals surface area contributed by atoms with Crippen LogP contribution in [0.1, 0.15) is 22.8 Å². The van der Waals surface area contributed by atoms with Crippen LogP contribution in [-0.4, -0.2) is 29.2 Å². The minimum Gasteiger partial charge on any atom is -0.507 e. The van der Waals surface area contributed by atoms with E-state index >= 15 is 0 Å². The molecule has 146 valence electrons. The van der Waals surface area contributed by atoms with E-state index < -0.39 is 0 Å². The van der Waals surface area contributed by atoms with Gasteiger partial charge in [0.2, 0.25) is 0 Å². The molecule has 0 saturated heterocycles. The zero-order chi connectivity index (χ0) is 20.4. The number of hydrazine groups is 1. The van der Waals surface area contributed by atoms with E-state index in [0.717, 1.165) is 22.6 Å². The molecule has 3 nitrogen and oxygen atoms in total. The van der Waals surface area contributed by atoms with E-state index in [-0.39, 0.29) is 11.0 Å². The second kappa shape index (κ2) is 8.66. The van der Waals surface area contributed by atoms with Gasteiger partial charge in [0.25, 0.3) is 0 Å². The van der Waals surface area contributed by atoms with Crippen molar-refractivity contribution in [2.75, 3.05) is 14.1 Å². The summed E-state index contributed by atoms with van der Waals surface area (Å²) in [5.41, 5.74) is 3.63. The Morgan fingerprint density at radius 2 is 1.79 bits per heavy atom. The van der Waals surface area contributed by atoms with Gasteiger partial charge in [-0.15, -0.1) is 11.8 Å². The van der Waals surface area contributed by atoms with Crippen LogP contribution in [0.5, 0.6) is 0 Å². The Hall–Kier alpha value is -1.85. The quantitative estimate of drug-likeness (QED) is 0.396. The Kier molecular flexibility index (Phi) is 6.46. The van der Waals surface area contributed by atoms with E-state index in [0.29, 0.717) is 15.7 Å². The van der Waals surface area contributed by atoms with Crippen molar-refractivity contribution in [3.8, 4) is 0 Å². The predicted molar refractivity (Wildman–Crippen MR) is 121 cm³/mol. The molecule has 0 aromatic heterocycles. The summed E-state index contributed by atoms with van der Waals surface area (Å²) >= 11 is 14.1. The summed E-state index contributed by atoms with van der Waals surface area (Å²) in [5.74, 6) is 0.0558. The molecule has 0 amide bonds. The number of thioether (sulfide) groups is 1. The van der Waals surface area contributed by atoms with E-state index in [1.165, 1.54) is 5.56 Å². The number of aliphatic hydroxyl groups excluding tert-OH is 1. The standard InChI is InChI=1S/C22H22Cl2N2OS/c1-14(18-11-10-17(23)12-19(18)24)26(25(3)4)20-13-21(28-22(20)15(2)27)16-8-6-5-7-9-16/h5-12,21,27H,1-2,13H2,3-4H3. The van der Waals surface area contributed by atoms with Gasteiger partial charge >= 0.3 is 0 Å². The molecular weight excluding hydrogens is 411 g/mol. The van der Waals surface area contributed by atoms with Crippen LogP contribution in [-0.2, 0) is 0 Å². The van der Waals surface area contributed by atoms with Crippen molar-refractivity contribution >= 4 is 40.7 Å². The zero-order valence-electron chi connectivity index (χ0n) is 15.8. The van der Waals surface area contributed by atoms with Crippen LogP contribution in [0.25, 0.3) is 5.70 Å². The molecule has 1 aliphatic heterocycles. The minimum absolute atomic E-state index is 0.0558. The van der Waals surface area contributed by atoms with E-state index in [1.807, 2.05) is 48.4 Å². The fraction of sp³-hybridized carbons (Fsp3) is 0.182. The molecule has 0 bridgehead atoms. The molecule has 0 fully saturated rings. The monoisotopic (exact) mass is 432 g/mol. The summed E-state index contributed by atoms with van der Waals surface area (Å²) < 4.78 is 0. The molecule has 2 aromatic carbocycles. The molecule has 1 heterocycles. The van der Waals surface area contributed by atoms with Gasteiger partial charge in [-0.1, -0.05) is 66.7 Å². The Morgan fingerprint density at radius 1 is 1.11 bits per heavy atom. The lowest BCUT2D eigenvalue weighted by molar-refractivity contribution is 0.134. The van der Waals surface area contributed by atoms with Crippen LogP contribution in [0.15, 0.2) is 78.1 Å². The van der Waals surface area contributed by atoms with Crippen molar-refractivity contribution in [2.24, 2.45) is 0 Å². The van der Waals surface area contributed by atoms with Gasteiger partial charge in [-0.05, 0) is 23.8 Å². The molecule has 0 radical (unpaired) electrons. The van der Waals surface area contributed by atoms with E-state index in [4.69, 9.17) is 23.2 Å². The summed E-state index contributed by atoms with van der Waals surface area (Å²) in [5, 5.41) is 15.5. The molecule has 28 heavy (non-hydrogen) atoms. The highest BCUT2D eigenvalue weighted by Gasteiger charge is 2.33. The van der Waals surface area contributed by atoms with Gasteiger partial charge in [0.1, 0.15) is 5.76 Å². The van der Waals surface area contributed by atoms with Crippen molar-refractivity contribution in [2.45, 2.75) is 11.7 Å². The van der Waals surface area contributed by atoms with Crippen LogP contribution < -0.4 is 0 Å². The number of hydrogen-bond donors (Lipinski definition) is 1. The predicted octanol–water partition coefficient (Wildman–Crippen LogP) is 6.90. The first-order valence-electron chi connectivity index (χ1n) is 8.74. The van der Waals surface area contributed by atoms with Crippen LogP contribution in [0.3, 0.4) is 0 Å². The lowest BCUT2D eigenvalue weighted by atomic mass is 10.1. The summed E-state index contributed by atoms with van der Waals surface area (Å²) in [7, 11) is 3.86. The van der Waals surface area contributed by atoms with Gasteiger partial charge in [-0.3, -0.25) is 5.01 Å². The van der Waals surface area contributed by atoms with Crippen molar-refractivity contribution in [3.63, 3.8) is 0 Å². The molecule has 1 unspecified atom stereocenters. The minimum atomic E-state index is 0.0558. The Balaban J connectivity index is 2.00. The van der Waals surface area contributed by atoms with Gasteiger partial charge in [-0.2, -0.15) is 0 Å². The van der Waals surface area contributed by atoms with E-state index in [2.05, 4.69) is 25.3 Å². The Bertz CT molecular complexity index is 941. The molecule has 3 rings (SSSR count). The second-order valence-electron chi connectivity index (χ2n) is 6.67. The van der Waals surface area contributed by atoms with Crippen molar-refractivity contribution in [3.05, 3.63) is 99.2 Å². The fourth-order valence-electron chi connectivity index (χ4n) is 3.27. The number of rotatable bonds is 6. The molecule has 0 saturated carbocycles. The number of benzene rings is 2. The second-order valence-corrected chi connectivity index (χ2v) is 8.73. The maximum atomic E-state index is 10.3. The number of hydrogen-bond acceptors (Lipinski definition) is 4. The molecule has 0 spiro atoms. The molecule has 2 aromatic rings. The van der Waals surface area contributed by atoms with Crippen molar-refractivity contribution < 1.29 is 5.11 Å². The summed E-state index contributed by atoms with van der Waals surface area (Å²) in [6.07, 6.45) is 0.728. The first-order chi connectivity index (χ1) is 13.3. The highest BCUT2D eigenvalue weighted by molar-refractivity contribution is 8.03. The summed E-state index contributed by atoms with van der Waals surface area (Å²) in [4.78, 5) is 0.758. The third-order valence-corrected chi connectivity index (χ3v) is 6.47.